The van der Waals surface area contributed by atoms with Crippen LogP contribution in [0.5, 0.6) is 0 Å². The molecule has 0 fully saturated rings. The van der Waals surface area contributed by atoms with Gasteiger partial charge >= 0.3 is 11.2 Å². The van der Waals surface area contributed by atoms with Crippen molar-refractivity contribution < 1.29 is 19.3 Å². The summed E-state index contributed by atoms with van der Waals surface area (Å²) in [6.45, 7) is 0. The third kappa shape index (κ3) is 9.02. The highest BCUT2D eigenvalue weighted by molar-refractivity contribution is 9.10. The van der Waals surface area contributed by atoms with Crippen LogP contribution in [0.2, 0.25) is 5.02 Å². The zero-order valence-electron chi connectivity index (χ0n) is 16.7. The van der Waals surface area contributed by atoms with E-state index in [0.717, 1.165) is 14.5 Å². The smallest absolute Gasteiger partial charge is 0.341 e. The Hall–Kier alpha value is -1.16. The summed E-state index contributed by atoms with van der Waals surface area (Å²) in [5.41, 5.74) is 0.847. The second-order valence-corrected chi connectivity index (χ2v) is 15.5. The summed E-state index contributed by atoms with van der Waals surface area (Å²) in [6.07, 6.45) is 2.59. The molecule has 0 aliphatic heterocycles. The number of nitrogens with one attached hydrogen (secondary N) is 1. The number of halogens is 7. The van der Waals surface area contributed by atoms with Gasteiger partial charge in [0.2, 0.25) is 5.43 Å². The Labute approximate surface area is 238 Å². The number of aromatic carboxylic acids is 1. The highest BCUT2D eigenvalue weighted by Gasteiger charge is 2.12. The lowest BCUT2D eigenvalue weighted by Gasteiger charge is -2.03. The number of aromatic amines is 1. The minimum atomic E-state index is -3.22. The van der Waals surface area contributed by atoms with Crippen molar-refractivity contribution in [2.24, 2.45) is 0 Å². The van der Waals surface area contributed by atoms with Crippen LogP contribution in [0.15, 0.2) is 62.5 Å². The first-order valence-corrected chi connectivity index (χ1v) is 15.6. The lowest BCUT2D eigenvalue weighted by atomic mass is 10.1. The fourth-order valence-electron chi connectivity index (χ4n) is 2.62. The Morgan fingerprint density at radius 1 is 0.971 bits per heavy atom. The van der Waals surface area contributed by atoms with E-state index in [0.29, 0.717) is 21.3 Å². The number of pyridine rings is 2. The number of fused-ring (bicyclic) bond motifs is 2. The van der Waals surface area contributed by atoms with Gasteiger partial charge in [0.1, 0.15) is 5.56 Å². The number of aromatic nitrogens is 2. The highest BCUT2D eigenvalue weighted by atomic mass is 79.9. The molecule has 0 bridgehead atoms. The molecule has 0 unspecified atom stereocenters. The summed E-state index contributed by atoms with van der Waals surface area (Å²) in [7, 11) is 0. The Morgan fingerprint density at radius 3 is 2.06 bits per heavy atom. The van der Waals surface area contributed by atoms with Crippen molar-refractivity contribution in [2.75, 3.05) is 0 Å². The van der Waals surface area contributed by atoms with Crippen LogP contribution in [0.1, 0.15) is 20.7 Å². The molecular weight excluding hydrogens is 716 g/mol. The summed E-state index contributed by atoms with van der Waals surface area (Å²) in [5, 5.41) is 6.34. The van der Waals surface area contributed by atoms with Gasteiger partial charge in [-0.1, -0.05) is 43.5 Å². The van der Waals surface area contributed by atoms with Crippen LogP contribution < -0.4 is 5.43 Å². The summed E-state index contributed by atoms with van der Waals surface area (Å²) < 4.78 is 11.1. The maximum atomic E-state index is 11.7. The van der Waals surface area contributed by atoms with Crippen LogP contribution >= 0.6 is 94.0 Å². The topological polar surface area (TPSA) is 117 Å². The van der Waals surface area contributed by atoms with Gasteiger partial charge in [0.15, 0.2) is 0 Å². The van der Waals surface area contributed by atoms with Gasteiger partial charge in [-0.25, -0.2) is 4.79 Å². The van der Waals surface area contributed by atoms with Crippen molar-refractivity contribution in [3.63, 3.8) is 0 Å². The average Bonchev–Trinajstić information content (AvgIpc) is 2.74. The van der Waals surface area contributed by atoms with Gasteiger partial charge in [0, 0.05) is 37.6 Å². The Bertz CT molecular complexity index is 1540. The standard InChI is InChI=1S/C10H4BrCl2NO.C10H6BrNO3.Cl3OP/c11-5-1-2-8-6(3-5)9(12)7(4-14-8)10(13)15;11-5-1-2-8-6(3-5)9(13)7(4-12-8)10(14)15;1-5(2,3)4/h1-4H;1-4H,(H,12,13)(H,14,15);. The Kier molecular flexibility index (Phi) is 11.1. The Balaban J connectivity index is 0.000000208. The predicted molar refractivity (Wildman–Crippen MR) is 149 cm³/mol. The van der Waals surface area contributed by atoms with E-state index in [4.69, 9.17) is 28.3 Å². The fraction of sp³-hybridized carbons (Fsp3) is 0. The van der Waals surface area contributed by atoms with Crippen molar-refractivity contribution in [3.8, 4) is 0 Å². The van der Waals surface area contributed by atoms with Crippen LogP contribution in [0.25, 0.3) is 21.8 Å². The van der Waals surface area contributed by atoms with Crippen LogP contribution in [-0.4, -0.2) is 26.3 Å². The molecule has 0 radical (unpaired) electrons. The summed E-state index contributed by atoms with van der Waals surface area (Å²) in [6, 6.07) is 10.6. The maximum absolute atomic E-state index is 11.7. The van der Waals surface area contributed by atoms with E-state index >= 15 is 0 Å². The second kappa shape index (κ2) is 12.9. The molecular formula is C20H10Br2Cl5N2O5P. The summed E-state index contributed by atoms with van der Waals surface area (Å²) in [5.74, 6) is -1.22. The maximum Gasteiger partial charge on any atom is 0.341 e. The van der Waals surface area contributed by atoms with E-state index in [2.05, 4.69) is 75.6 Å². The molecule has 4 aromatic rings. The van der Waals surface area contributed by atoms with Crippen molar-refractivity contribution in [2.45, 2.75) is 0 Å². The van der Waals surface area contributed by atoms with E-state index in [9.17, 15) is 18.9 Å². The van der Waals surface area contributed by atoms with Gasteiger partial charge in [0.05, 0.1) is 16.1 Å². The molecule has 2 aromatic carbocycles. The van der Waals surface area contributed by atoms with E-state index in [-0.39, 0.29) is 11.1 Å². The first-order chi connectivity index (χ1) is 16.2. The first-order valence-electron chi connectivity index (χ1n) is 8.86. The SMILES string of the molecule is O=C(Cl)c1cnc2ccc(Br)cc2c1Cl.O=C(O)c1c[nH]c2ccc(Br)cc2c1=O.O=P(Cl)(Cl)Cl. The van der Waals surface area contributed by atoms with Gasteiger partial charge in [-0.2, -0.15) is 0 Å². The highest BCUT2D eigenvalue weighted by Crippen LogP contribution is 2.61. The molecule has 0 aliphatic carbocycles. The largest absolute Gasteiger partial charge is 0.477 e. The van der Waals surface area contributed by atoms with Crippen molar-refractivity contribution in [3.05, 3.63) is 84.1 Å². The van der Waals surface area contributed by atoms with Crippen molar-refractivity contribution in [1.29, 1.82) is 0 Å². The molecule has 0 atom stereocenters. The van der Waals surface area contributed by atoms with Crippen LogP contribution in [0, 0.1) is 0 Å². The van der Waals surface area contributed by atoms with Gasteiger partial charge in [-0.15, -0.1) is 0 Å². The third-order valence-corrected chi connectivity index (χ3v) is 5.65. The van der Waals surface area contributed by atoms with Gasteiger partial charge in [-0.05, 0) is 81.7 Å². The van der Waals surface area contributed by atoms with E-state index in [1.165, 1.54) is 12.4 Å². The minimum absolute atomic E-state index is 0.226. The monoisotopic (exact) mass is 722 g/mol. The second-order valence-electron chi connectivity index (χ2n) is 6.35. The lowest BCUT2D eigenvalue weighted by Crippen LogP contribution is -2.15. The van der Waals surface area contributed by atoms with Gasteiger partial charge < -0.3 is 10.1 Å². The summed E-state index contributed by atoms with van der Waals surface area (Å²) in [4.78, 5) is 40.3. The molecule has 2 aromatic heterocycles. The number of hydrogen-bond donors (Lipinski definition) is 2. The van der Waals surface area contributed by atoms with Crippen molar-refractivity contribution in [1.82, 2.24) is 9.97 Å². The normalized spacial score (nSPS) is 10.7. The lowest BCUT2D eigenvalue weighted by molar-refractivity contribution is 0.0695. The molecule has 2 N–H and O–H groups in total. The third-order valence-electron chi connectivity index (χ3n) is 4.05. The predicted octanol–water partition coefficient (Wildman–Crippen LogP) is 8.83. The Morgan fingerprint density at radius 2 is 1.51 bits per heavy atom. The molecule has 4 rings (SSSR count). The molecule has 0 saturated carbocycles. The molecule has 0 saturated heterocycles. The quantitative estimate of drug-likeness (QED) is 0.158. The van der Waals surface area contributed by atoms with E-state index in [1.54, 1.807) is 24.3 Å². The van der Waals surface area contributed by atoms with Crippen LogP contribution in [-0.2, 0) is 4.57 Å². The van der Waals surface area contributed by atoms with Crippen LogP contribution in [0.4, 0.5) is 0 Å². The van der Waals surface area contributed by atoms with E-state index in [1.807, 2.05) is 12.1 Å². The summed E-state index contributed by atoms with van der Waals surface area (Å²) >= 11 is 31.8. The van der Waals surface area contributed by atoms with Gasteiger partial charge in [0.25, 0.3) is 5.24 Å². The first kappa shape index (κ1) is 30.1. The average molecular weight is 726 g/mol. The molecule has 0 amide bonds. The number of benzene rings is 2. The number of H-pyrrole nitrogens is 1. The number of carbonyl (C=O) groups excluding carboxylic acids is 1. The van der Waals surface area contributed by atoms with Gasteiger partial charge in [-0.3, -0.25) is 19.1 Å². The molecule has 184 valence electrons. The molecule has 7 nitrogen and oxygen atoms in total. The molecule has 35 heavy (non-hydrogen) atoms. The zero-order chi connectivity index (χ0) is 26.5. The van der Waals surface area contributed by atoms with Crippen molar-refractivity contribution >= 4 is 127 Å². The number of hydrogen-bond acceptors (Lipinski definition) is 5. The number of carboxylic acid groups (broad SMARTS) is 1. The minimum Gasteiger partial charge on any atom is -0.477 e. The number of carboxylic acids is 1. The number of carbonyl (C=O) groups is 2. The fourth-order valence-corrected chi connectivity index (χ4v) is 3.82. The molecule has 2 heterocycles. The van der Waals surface area contributed by atoms with Crippen LogP contribution in [0.3, 0.4) is 0 Å². The zero-order valence-corrected chi connectivity index (χ0v) is 24.6. The number of nitrogens with zero attached hydrogens (tertiary/aromatic N) is 1. The molecule has 15 heteroatoms. The van der Waals surface area contributed by atoms with E-state index < -0.39 is 21.8 Å². The molecule has 0 spiro atoms. The number of rotatable bonds is 2. The molecule has 0 aliphatic rings.